The van der Waals surface area contributed by atoms with E-state index in [-0.39, 0.29) is 6.42 Å². The zero-order valence-electron chi connectivity index (χ0n) is 17.4. The van der Waals surface area contributed by atoms with Crippen molar-refractivity contribution in [3.8, 4) is 11.4 Å². The molecular weight excluding hydrogens is 418 g/mol. The van der Waals surface area contributed by atoms with Crippen LogP contribution in [-0.4, -0.2) is 40.3 Å². The molecule has 0 aliphatic rings. The first-order valence-corrected chi connectivity index (χ1v) is 11.6. The lowest BCUT2D eigenvalue weighted by Gasteiger charge is -2.25. The lowest BCUT2D eigenvalue weighted by Crippen LogP contribution is -2.49. The third-order valence-electron chi connectivity index (χ3n) is 5.35. The van der Waals surface area contributed by atoms with Gasteiger partial charge in [0.2, 0.25) is 0 Å². The number of nitrogens with zero attached hydrogens (tertiary/aromatic N) is 2. The fraction of sp³-hybridized carbons (Fsp3) is 0.273. The lowest BCUT2D eigenvalue weighted by atomic mass is 9.99. The van der Waals surface area contributed by atoms with Crippen molar-refractivity contribution in [1.29, 1.82) is 0 Å². The van der Waals surface area contributed by atoms with Crippen LogP contribution in [0.4, 0.5) is 0 Å². The van der Waals surface area contributed by atoms with Crippen molar-refractivity contribution in [2.45, 2.75) is 31.1 Å². The van der Waals surface area contributed by atoms with Gasteiger partial charge in [0, 0.05) is 24.2 Å². The molecule has 0 aliphatic carbocycles. The number of rotatable bonds is 9. The minimum atomic E-state index is -3.72. The van der Waals surface area contributed by atoms with Crippen LogP contribution in [0.1, 0.15) is 24.5 Å². The quantitative estimate of drug-likeness (QED) is 0.389. The SMILES string of the molecule is CC(CCc1ccc(OCc2ccccc2-n2cccn2)cc1)(C(=O)NO)S(C)(=O)=O. The average Bonchev–Trinajstić information content (AvgIpc) is 3.30. The van der Waals surface area contributed by atoms with Gasteiger partial charge in [0.15, 0.2) is 9.84 Å². The molecule has 0 fully saturated rings. The van der Waals surface area contributed by atoms with Crippen molar-refractivity contribution >= 4 is 15.7 Å². The number of nitrogens with one attached hydrogen (secondary N) is 1. The van der Waals surface area contributed by atoms with Gasteiger partial charge in [0.1, 0.15) is 17.1 Å². The number of hydrogen-bond donors (Lipinski definition) is 2. The van der Waals surface area contributed by atoms with Crippen LogP contribution < -0.4 is 10.2 Å². The number of aryl methyl sites for hydroxylation is 1. The molecule has 1 amide bonds. The molecule has 1 unspecified atom stereocenters. The fourth-order valence-electron chi connectivity index (χ4n) is 3.15. The van der Waals surface area contributed by atoms with Gasteiger partial charge in [0.05, 0.1) is 5.69 Å². The number of sulfone groups is 1. The Morgan fingerprint density at radius 3 is 2.48 bits per heavy atom. The Morgan fingerprint density at radius 2 is 1.87 bits per heavy atom. The van der Waals surface area contributed by atoms with Gasteiger partial charge in [-0.15, -0.1) is 0 Å². The normalized spacial score (nSPS) is 13.4. The number of carbonyl (C=O) groups excluding carboxylic acids is 1. The van der Waals surface area contributed by atoms with E-state index in [0.29, 0.717) is 18.8 Å². The third-order valence-corrected chi connectivity index (χ3v) is 7.38. The molecule has 2 aromatic carbocycles. The molecule has 1 atom stereocenters. The molecule has 2 N–H and O–H groups in total. The summed E-state index contributed by atoms with van der Waals surface area (Å²) >= 11 is 0. The lowest BCUT2D eigenvalue weighted by molar-refractivity contribution is -0.131. The molecule has 0 spiro atoms. The summed E-state index contributed by atoms with van der Waals surface area (Å²) in [5.74, 6) is -0.274. The monoisotopic (exact) mass is 443 g/mol. The smallest absolute Gasteiger partial charge is 0.264 e. The summed E-state index contributed by atoms with van der Waals surface area (Å²) in [6, 6.07) is 16.9. The summed E-state index contributed by atoms with van der Waals surface area (Å²) in [5.41, 5.74) is 4.23. The van der Waals surface area contributed by atoms with Crippen LogP contribution >= 0.6 is 0 Å². The largest absolute Gasteiger partial charge is 0.489 e. The molecule has 1 heterocycles. The summed E-state index contributed by atoms with van der Waals surface area (Å²) in [6.45, 7) is 1.67. The fourth-order valence-corrected chi connectivity index (χ4v) is 4.00. The van der Waals surface area contributed by atoms with E-state index in [1.807, 2.05) is 48.7 Å². The molecule has 0 radical (unpaired) electrons. The summed E-state index contributed by atoms with van der Waals surface area (Å²) in [6.07, 6.45) is 4.96. The minimum Gasteiger partial charge on any atom is -0.489 e. The van der Waals surface area contributed by atoms with Crippen molar-refractivity contribution < 1.29 is 23.2 Å². The van der Waals surface area contributed by atoms with Crippen LogP contribution in [0, 0.1) is 0 Å². The molecule has 0 bridgehead atoms. The van der Waals surface area contributed by atoms with Crippen molar-refractivity contribution in [2.75, 3.05) is 6.26 Å². The number of hydroxylamine groups is 1. The van der Waals surface area contributed by atoms with Crippen molar-refractivity contribution in [3.05, 3.63) is 78.1 Å². The summed E-state index contributed by atoms with van der Waals surface area (Å²) < 4.78 is 30.1. The predicted octanol–water partition coefficient (Wildman–Crippen LogP) is 2.69. The van der Waals surface area contributed by atoms with Crippen LogP contribution in [0.25, 0.3) is 5.69 Å². The first-order chi connectivity index (χ1) is 14.7. The van der Waals surface area contributed by atoms with E-state index >= 15 is 0 Å². The second kappa shape index (κ2) is 9.32. The van der Waals surface area contributed by atoms with E-state index in [1.165, 1.54) is 12.4 Å². The second-order valence-corrected chi connectivity index (χ2v) is 9.90. The van der Waals surface area contributed by atoms with Crippen LogP contribution in [0.5, 0.6) is 5.75 Å². The number of carbonyl (C=O) groups is 1. The first kappa shape index (κ1) is 22.5. The number of amides is 1. The Hall–Kier alpha value is -3.17. The standard InChI is InChI=1S/C22H25N3O5S/c1-22(21(26)24-27,31(2,28)29)13-12-17-8-10-19(11-9-17)30-16-18-6-3-4-7-20(18)25-15-5-14-23-25/h3-11,14-15,27H,12-13,16H2,1-2H3,(H,24,26). The Morgan fingerprint density at radius 1 is 1.16 bits per heavy atom. The van der Waals surface area contributed by atoms with E-state index in [9.17, 15) is 13.2 Å². The van der Waals surface area contributed by atoms with E-state index < -0.39 is 20.5 Å². The zero-order valence-corrected chi connectivity index (χ0v) is 18.2. The van der Waals surface area contributed by atoms with E-state index in [4.69, 9.17) is 9.94 Å². The zero-order chi connectivity index (χ0) is 22.5. The molecule has 1 aromatic heterocycles. The Kier molecular flexibility index (Phi) is 6.77. The third kappa shape index (κ3) is 5.12. The predicted molar refractivity (Wildman–Crippen MR) is 116 cm³/mol. The molecule has 0 saturated carbocycles. The highest BCUT2D eigenvalue weighted by Gasteiger charge is 2.43. The Balaban J connectivity index is 1.65. The molecule has 31 heavy (non-hydrogen) atoms. The number of ether oxygens (including phenoxy) is 1. The van der Waals surface area contributed by atoms with Crippen LogP contribution in [0.2, 0.25) is 0 Å². The van der Waals surface area contributed by atoms with E-state index in [0.717, 1.165) is 23.1 Å². The number of benzene rings is 2. The van der Waals surface area contributed by atoms with E-state index in [1.54, 1.807) is 23.0 Å². The maximum Gasteiger partial charge on any atom is 0.264 e. The maximum absolute atomic E-state index is 12.1. The molecule has 9 heteroatoms. The highest BCUT2D eigenvalue weighted by Crippen LogP contribution is 2.25. The van der Waals surface area contributed by atoms with Gasteiger partial charge >= 0.3 is 0 Å². The van der Waals surface area contributed by atoms with Gasteiger partial charge in [-0.2, -0.15) is 5.10 Å². The van der Waals surface area contributed by atoms with Gasteiger partial charge in [0.25, 0.3) is 5.91 Å². The summed E-state index contributed by atoms with van der Waals surface area (Å²) in [7, 11) is -3.72. The molecule has 0 saturated heterocycles. The average molecular weight is 444 g/mol. The topological polar surface area (TPSA) is 111 Å². The van der Waals surface area contributed by atoms with E-state index in [2.05, 4.69) is 5.10 Å². The van der Waals surface area contributed by atoms with Gasteiger partial charge in [-0.25, -0.2) is 18.6 Å². The molecular formula is C22H25N3O5S. The second-order valence-electron chi connectivity index (χ2n) is 7.46. The molecule has 8 nitrogen and oxygen atoms in total. The van der Waals surface area contributed by atoms with Crippen molar-refractivity contribution in [3.63, 3.8) is 0 Å². The molecule has 3 aromatic rings. The minimum absolute atomic E-state index is 0.0374. The van der Waals surface area contributed by atoms with Gasteiger partial charge in [-0.05, 0) is 49.6 Å². The molecule has 164 valence electrons. The van der Waals surface area contributed by atoms with Gasteiger partial charge in [-0.1, -0.05) is 30.3 Å². The first-order valence-electron chi connectivity index (χ1n) is 9.68. The molecule has 0 aliphatic heterocycles. The summed E-state index contributed by atoms with van der Waals surface area (Å²) in [5, 5.41) is 13.2. The highest BCUT2D eigenvalue weighted by molar-refractivity contribution is 7.92. The molecule has 3 rings (SSSR count). The van der Waals surface area contributed by atoms with Gasteiger partial charge < -0.3 is 4.74 Å². The van der Waals surface area contributed by atoms with Gasteiger partial charge in [-0.3, -0.25) is 10.0 Å². The van der Waals surface area contributed by atoms with Crippen LogP contribution in [0.3, 0.4) is 0 Å². The van der Waals surface area contributed by atoms with Crippen molar-refractivity contribution in [2.24, 2.45) is 0 Å². The summed E-state index contributed by atoms with van der Waals surface area (Å²) in [4.78, 5) is 11.9. The van der Waals surface area contributed by atoms with Crippen molar-refractivity contribution in [1.82, 2.24) is 15.3 Å². The number of hydrogen-bond acceptors (Lipinski definition) is 6. The Labute approximate surface area is 181 Å². The maximum atomic E-state index is 12.1. The number of aromatic nitrogens is 2. The van der Waals surface area contributed by atoms with Crippen LogP contribution in [0.15, 0.2) is 67.0 Å². The highest BCUT2D eigenvalue weighted by atomic mass is 32.2. The number of para-hydroxylation sites is 1. The van der Waals surface area contributed by atoms with Crippen LogP contribution in [-0.2, 0) is 27.7 Å². The Bertz CT molecular complexity index is 1130.